The first-order valence-corrected chi connectivity index (χ1v) is 8.45. The molecule has 1 fully saturated rings. The van der Waals surface area contributed by atoms with Crippen LogP contribution in [0.4, 0.5) is 11.4 Å². The minimum Gasteiger partial charge on any atom is -0.370 e. The van der Waals surface area contributed by atoms with Gasteiger partial charge in [-0.15, -0.1) is 11.3 Å². The van der Waals surface area contributed by atoms with E-state index in [-0.39, 0.29) is 5.91 Å². The van der Waals surface area contributed by atoms with Gasteiger partial charge in [0.25, 0.3) is 5.91 Å². The Morgan fingerprint density at radius 1 is 1.27 bits per heavy atom. The van der Waals surface area contributed by atoms with E-state index in [1.165, 1.54) is 30.6 Å². The van der Waals surface area contributed by atoms with Crippen LogP contribution in [0.5, 0.6) is 0 Å². The van der Waals surface area contributed by atoms with Crippen molar-refractivity contribution in [2.24, 2.45) is 5.73 Å². The van der Waals surface area contributed by atoms with Crippen LogP contribution in [0.25, 0.3) is 0 Å². The number of aromatic nitrogens is 1. The van der Waals surface area contributed by atoms with Gasteiger partial charge in [0.2, 0.25) is 0 Å². The molecule has 1 saturated heterocycles. The Balaban J connectivity index is 1.78. The minimum atomic E-state index is -0.180. The minimum absolute atomic E-state index is 0.180. The third-order valence-electron chi connectivity index (χ3n) is 3.81. The molecule has 0 unspecified atom stereocenters. The number of nitrogens with zero attached hydrogens (tertiary/aromatic N) is 2. The van der Waals surface area contributed by atoms with Gasteiger partial charge in [0, 0.05) is 25.0 Å². The first-order chi connectivity index (χ1) is 10.8. The zero-order valence-electron chi connectivity index (χ0n) is 12.4. The summed E-state index contributed by atoms with van der Waals surface area (Å²) in [5.74, 6) is -0.180. The summed E-state index contributed by atoms with van der Waals surface area (Å²) in [5, 5.41) is 5.51. The number of hydrogen-bond acceptors (Lipinski definition) is 5. The highest BCUT2D eigenvalue weighted by Gasteiger charge is 2.17. The molecule has 1 aliphatic heterocycles. The maximum absolute atomic E-state index is 12.4. The number of carbonyl (C=O) groups is 1. The van der Waals surface area contributed by atoms with E-state index in [2.05, 4.69) is 21.3 Å². The molecule has 1 aromatic carbocycles. The summed E-state index contributed by atoms with van der Waals surface area (Å²) >= 11 is 1.41. The molecule has 5 nitrogen and oxygen atoms in total. The third kappa shape index (κ3) is 3.28. The van der Waals surface area contributed by atoms with Crippen LogP contribution < -0.4 is 16.0 Å². The van der Waals surface area contributed by atoms with Crippen molar-refractivity contribution in [3.8, 4) is 0 Å². The van der Waals surface area contributed by atoms with Gasteiger partial charge in [-0.05, 0) is 31.4 Å². The third-order valence-corrected chi connectivity index (χ3v) is 4.68. The van der Waals surface area contributed by atoms with Gasteiger partial charge in [-0.1, -0.05) is 12.1 Å². The number of amides is 1. The number of para-hydroxylation sites is 2. The van der Waals surface area contributed by atoms with E-state index in [1.54, 1.807) is 5.38 Å². The molecule has 0 atom stereocenters. The zero-order valence-corrected chi connectivity index (χ0v) is 13.2. The second-order valence-corrected chi connectivity index (χ2v) is 6.29. The molecular weight excluding hydrogens is 296 g/mol. The average Bonchev–Trinajstić information content (AvgIpc) is 3.05. The van der Waals surface area contributed by atoms with Crippen molar-refractivity contribution in [2.45, 2.75) is 25.8 Å². The molecule has 1 aliphatic rings. The predicted octanol–water partition coefficient (Wildman–Crippen LogP) is 2.84. The van der Waals surface area contributed by atoms with Crippen molar-refractivity contribution in [2.75, 3.05) is 23.3 Å². The molecule has 22 heavy (non-hydrogen) atoms. The standard InChI is InChI=1S/C16H20N4OS/c17-10-15-18-13(11-22-15)16(21)19-12-6-2-3-7-14(12)20-8-4-1-5-9-20/h2-3,6-7,11H,1,4-5,8-10,17H2,(H,19,21). The Morgan fingerprint density at radius 3 is 2.77 bits per heavy atom. The van der Waals surface area contributed by atoms with Gasteiger partial charge in [0.05, 0.1) is 11.4 Å². The summed E-state index contributed by atoms with van der Waals surface area (Å²) in [6.45, 7) is 2.45. The number of nitrogens with two attached hydrogens (primary N) is 1. The monoisotopic (exact) mass is 316 g/mol. The van der Waals surface area contributed by atoms with E-state index in [0.29, 0.717) is 12.2 Å². The summed E-state index contributed by atoms with van der Waals surface area (Å²) in [7, 11) is 0. The predicted molar refractivity (Wildman–Crippen MR) is 90.5 cm³/mol. The van der Waals surface area contributed by atoms with Crippen LogP contribution in [0.1, 0.15) is 34.8 Å². The van der Waals surface area contributed by atoms with Crippen LogP contribution in [-0.2, 0) is 6.54 Å². The van der Waals surface area contributed by atoms with Gasteiger partial charge in [-0.2, -0.15) is 0 Å². The smallest absolute Gasteiger partial charge is 0.275 e. The number of hydrogen-bond donors (Lipinski definition) is 2. The Bertz CT molecular complexity index is 649. The number of nitrogens with one attached hydrogen (secondary N) is 1. The van der Waals surface area contributed by atoms with Gasteiger partial charge in [0.15, 0.2) is 0 Å². The molecule has 6 heteroatoms. The van der Waals surface area contributed by atoms with Gasteiger partial charge < -0.3 is 16.0 Å². The highest BCUT2D eigenvalue weighted by molar-refractivity contribution is 7.09. The highest BCUT2D eigenvalue weighted by atomic mass is 32.1. The molecule has 2 heterocycles. The molecule has 3 rings (SSSR count). The van der Waals surface area contributed by atoms with Crippen LogP contribution in [0, 0.1) is 0 Å². The largest absolute Gasteiger partial charge is 0.370 e. The molecule has 0 bridgehead atoms. The lowest BCUT2D eigenvalue weighted by Gasteiger charge is -2.30. The number of rotatable bonds is 4. The van der Waals surface area contributed by atoms with E-state index < -0.39 is 0 Å². The molecule has 2 aromatic rings. The molecule has 0 radical (unpaired) electrons. The molecule has 3 N–H and O–H groups in total. The Morgan fingerprint density at radius 2 is 2.05 bits per heavy atom. The summed E-state index contributed by atoms with van der Waals surface area (Å²) in [4.78, 5) is 18.9. The molecule has 1 aromatic heterocycles. The SMILES string of the molecule is NCc1nc(C(=O)Nc2ccccc2N2CCCCC2)cs1. The normalized spacial score (nSPS) is 14.9. The van der Waals surface area contributed by atoms with Gasteiger partial charge in [-0.25, -0.2) is 4.98 Å². The van der Waals surface area contributed by atoms with Crippen molar-refractivity contribution in [1.82, 2.24) is 4.98 Å². The first kappa shape index (κ1) is 15.0. The second kappa shape index (κ2) is 6.89. The van der Waals surface area contributed by atoms with E-state index >= 15 is 0 Å². The zero-order chi connectivity index (χ0) is 15.4. The van der Waals surface area contributed by atoms with E-state index in [0.717, 1.165) is 29.5 Å². The van der Waals surface area contributed by atoms with Crippen LogP contribution in [0.15, 0.2) is 29.6 Å². The summed E-state index contributed by atoms with van der Waals surface area (Å²) < 4.78 is 0. The van der Waals surface area contributed by atoms with Gasteiger partial charge >= 0.3 is 0 Å². The van der Waals surface area contributed by atoms with Crippen molar-refractivity contribution < 1.29 is 4.79 Å². The molecule has 0 aliphatic carbocycles. The number of carbonyl (C=O) groups excluding carboxylic acids is 1. The quantitative estimate of drug-likeness (QED) is 0.910. The molecule has 0 spiro atoms. The lowest BCUT2D eigenvalue weighted by molar-refractivity contribution is 0.102. The topological polar surface area (TPSA) is 71.2 Å². The Hall–Kier alpha value is -1.92. The average molecular weight is 316 g/mol. The van der Waals surface area contributed by atoms with Crippen molar-refractivity contribution in [1.29, 1.82) is 0 Å². The maximum atomic E-state index is 12.4. The van der Waals surface area contributed by atoms with E-state index in [4.69, 9.17) is 5.73 Å². The summed E-state index contributed by atoms with van der Waals surface area (Å²) in [6.07, 6.45) is 3.69. The molecule has 1 amide bonds. The van der Waals surface area contributed by atoms with E-state index in [1.807, 2.05) is 18.2 Å². The molecular formula is C16H20N4OS. The number of benzene rings is 1. The van der Waals surface area contributed by atoms with E-state index in [9.17, 15) is 4.79 Å². The molecule has 0 saturated carbocycles. The second-order valence-electron chi connectivity index (χ2n) is 5.35. The number of piperidine rings is 1. The van der Waals surface area contributed by atoms with Gasteiger partial charge in [-0.3, -0.25) is 4.79 Å². The number of thiazole rings is 1. The lowest BCUT2D eigenvalue weighted by atomic mass is 10.1. The van der Waals surface area contributed by atoms with Gasteiger partial charge in [0.1, 0.15) is 10.7 Å². The maximum Gasteiger partial charge on any atom is 0.275 e. The van der Waals surface area contributed by atoms with Crippen molar-refractivity contribution in [3.05, 3.63) is 40.3 Å². The van der Waals surface area contributed by atoms with Crippen LogP contribution in [0.2, 0.25) is 0 Å². The molecule has 116 valence electrons. The number of anilines is 2. The fraction of sp³-hybridized carbons (Fsp3) is 0.375. The first-order valence-electron chi connectivity index (χ1n) is 7.58. The summed E-state index contributed by atoms with van der Waals surface area (Å²) in [6, 6.07) is 7.95. The van der Waals surface area contributed by atoms with Crippen molar-refractivity contribution >= 4 is 28.6 Å². The fourth-order valence-electron chi connectivity index (χ4n) is 2.69. The van der Waals surface area contributed by atoms with Crippen molar-refractivity contribution in [3.63, 3.8) is 0 Å². The summed E-state index contributed by atoms with van der Waals surface area (Å²) in [5.41, 5.74) is 7.91. The lowest BCUT2D eigenvalue weighted by Crippen LogP contribution is -2.30. The van der Waals surface area contributed by atoms with Crippen LogP contribution >= 0.6 is 11.3 Å². The fourth-order valence-corrected chi connectivity index (χ4v) is 3.34. The highest BCUT2D eigenvalue weighted by Crippen LogP contribution is 2.28. The van der Waals surface area contributed by atoms with Crippen LogP contribution in [-0.4, -0.2) is 24.0 Å². The Labute approximate surface area is 134 Å². The Kier molecular flexibility index (Phi) is 4.70. The van der Waals surface area contributed by atoms with Crippen LogP contribution in [0.3, 0.4) is 0 Å².